The summed E-state index contributed by atoms with van der Waals surface area (Å²) in [5.74, 6) is 0. The molecule has 0 rings (SSSR count). The highest BCUT2D eigenvalue weighted by Gasteiger charge is 1.93. The maximum Gasteiger partial charge on any atom is 0.0768 e. The molecule has 5 nitrogen and oxygen atoms in total. The van der Waals surface area contributed by atoms with E-state index in [0.29, 0.717) is 19.6 Å². The maximum atomic E-state index is 8.62. The van der Waals surface area contributed by atoms with Gasteiger partial charge in [-0.2, -0.15) is 0 Å². The third kappa shape index (κ3) is 27.0. The third-order valence-electron chi connectivity index (χ3n) is 3.61. The number of ether oxygens (including phenoxy) is 1. The van der Waals surface area contributed by atoms with E-state index in [0.717, 1.165) is 19.4 Å². The molecule has 0 aromatic carbocycles. The topological polar surface area (TPSA) is 90.2 Å². The summed E-state index contributed by atoms with van der Waals surface area (Å²) in [5, 5.41) is 33.6. The van der Waals surface area contributed by atoms with Crippen molar-refractivity contribution >= 4 is 0 Å². The van der Waals surface area contributed by atoms with Crippen LogP contribution in [-0.4, -0.2) is 59.6 Å². The monoisotopic (exact) mass is 336 g/mol. The van der Waals surface area contributed by atoms with E-state index in [9.17, 15) is 0 Å². The molecule has 0 saturated carbocycles. The summed E-state index contributed by atoms with van der Waals surface area (Å²) < 4.78 is 5.20. The lowest BCUT2D eigenvalue weighted by Gasteiger charge is -2.03. The predicted molar refractivity (Wildman–Crippen MR) is 94.5 cm³/mol. The van der Waals surface area contributed by atoms with Crippen LogP contribution in [0.25, 0.3) is 0 Å². The first-order valence-electron chi connectivity index (χ1n) is 9.31. The summed E-state index contributed by atoms with van der Waals surface area (Å²) in [4.78, 5) is 0. The predicted octanol–water partition coefficient (Wildman–Crippen LogP) is 2.64. The smallest absolute Gasteiger partial charge is 0.0768 e. The van der Waals surface area contributed by atoms with Gasteiger partial charge in [0.25, 0.3) is 0 Å². The van der Waals surface area contributed by atoms with Crippen LogP contribution in [0.15, 0.2) is 0 Å². The van der Waals surface area contributed by atoms with Gasteiger partial charge in [0.15, 0.2) is 0 Å². The molecule has 0 saturated heterocycles. The molecule has 23 heavy (non-hydrogen) atoms. The van der Waals surface area contributed by atoms with Crippen molar-refractivity contribution in [3.63, 3.8) is 0 Å². The summed E-state index contributed by atoms with van der Waals surface area (Å²) in [6, 6.07) is 0. The SMILES string of the molecule is CCC(O)CO.OCCCCCCCCCCCCOCCO. The average Bonchev–Trinajstić information content (AvgIpc) is 2.59. The summed E-state index contributed by atoms with van der Waals surface area (Å²) in [6.07, 6.45) is 12.6. The molecule has 0 fully saturated rings. The Kier molecular flexibility index (Phi) is 26.2. The Morgan fingerprint density at radius 1 is 0.652 bits per heavy atom. The number of hydrogen-bond donors (Lipinski definition) is 4. The van der Waals surface area contributed by atoms with Gasteiger partial charge in [-0.25, -0.2) is 0 Å². The van der Waals surface area contributed by atoms with Gasteiger partial charge < -0.3 is 25.2 Å². The zero-order valence-electron chi connectivity index (χ0n) is 15.1. The van der Waals surface area contributed by atoms with Crippen molar-refractivity contribution in [1.29, 1.82) is 0 Å². The lowest BCUT2D eigenvalue weighted by Crippen LogP contribution is -2.08. The average molecular weight is 337 g/mol. The molecule has 0 spiro atoms. The molecule has 0 aliphatic rings. The van der Waals surface area contributed by atoms with Crippen LogP contribution in [0, 0.1) is 0 Å². The van der Waals surface area contributed by atoms with E-state index in [2.05, 4.69) is 0 Å². The second-order valence-electron chi connectivity index (χ2n) is 5.84. The van der Waals surface area contributed by atoms with E-state index in [1.165, 1.54) is 51.4 Å². The molecule has 0 heterocycles. The number of aliphatic hydroxyl groups is 4. The Morgan fingerprint density at radius 2 is 1.13 bits per heavy atom. The van der Waals surface area contributed by atoms with Crippen LogP contribution in [0.5, 0.6) is 0 Å². The minimum absolute atomic E-state index is 0.115. The van der Waals surface area contributed by atoms with E-state index in [4.69, 9.17) is 25.2 Å². The van der Waals surface area contributed by atoms with Gasteiger partial charge in [-0.05, 0) is 19.3 Å². The zero-order valence-corrected chi connectivity index (χ0v) is 15.1. The molecule has 0 amide bonds. The highest BCUT2D eigenvalue weighted by atomic mass is 16.5. The lowest BCUT2D eigenvalue weighted by molar-refractivity contribution is 0.0895. The Bertz CT molecular complexity index is 172. The Morgan fingerprint density at radius 3 is 1.48 bits per heavy atom. The van der Waals surface area contributed by atoms with Crippen LogP contribution < -0.4 is 0 Å². The normalized spacial score (nSPS) is 11.9. The van der Waals surface area contributed by atoms with E-state index < -0.39 is 6.10 Å². The zero-order chi connectivity index (χ0) is 17.6. The van der Waals surface area contributed by atoms with Crippen LogP contribution in [0.1, 0.15) is 77.6 Å². The molecular weight excluding hydrogens is 296 g/mol. The molecular formula is C18H40O5. The molecule has 0 bridgehead atoms. The first-order valence-corrected chi connectivity index (χ1v) is 9.31. The number of aliphatic hydroxyl groups excluding tert-OH is 4. The van der Waals surface area contributed by atoms with Gasteiger partial charge in [0.2, 0.25) is 0 Å². The van der Waals surface area contributed by atoms with Crippen LogP contribution >= 0.6 is 0 Å². The van der Waals surface area contributed by atoms with Crippen molar-refractivity contribution < 1.29 is 25.2 Å². The fraction of sp³-hybridized carbons (Fsp3) is 1.00. The number of hydrogen-bond acceptors (Lipinski definition) is 5. The Labute approximate surface area is 142 Å². The van der Waals surface area contributed by atoms with Crippen molar-refractivity contribution in [3.8, 4) is 0 Å². The van der Waals surface area contributed by atoms with Crippen LogP contribution in [-0.2, 0) is 4.74 Å². The fourth-order valence-electron chi connectivity index (χ4n) is 2.03. The first kappa shape index (κ1) is 25.0. The Balaban J connectivity index is 0. The van der Waals surface area contributed by atoms with E-state index in [-0.39, 0.29) is 13.2 Å². The standard InChI is InChI=1S/C14H30O3.C4H10O2/c15-11-9-7-5-3-1-2-4-6-8-10-13-17-14-12-16;1-2-4(6)3-5/h15-16H,1-14H2;4-6H,2-3H2,1H3. The van der Waals surface area contributed by atoms with Gasteiger partial charge in [-0.3, -0.25) is 0 Å². The lowest BCUT2D eigenvalue weighted by atomic mass is 10.1. The maximum absolute atomic E-state index is 8.62. The van der Waals surface area contributed by atoms with Crippen LogP contribution in [0.2, 0.25) is 0 Å². The van der Waals surface area contributed by atoms with E-state index >= 15 is 0 Å². The van der Waals surface area contributed by atoms with Crippen molar-refractivity contribution in [2.45, 2.75) is 83.7 Å². The van der Waals surface area contributed by atoms with Crippen LogP contribution in [0.4, 0.5) is 0 Å². The molecule has 1 atom stereocenters. The van der Waals surface area contributed by atoms with Gasteiger partial charge in [-0.15, -0.1) is 0 Å². The summed E-state index contributed by atoms with van der Waals surface area (Å²) >= 11 is 0. The minimum Gasteiger partial charge on any atom is -0.396 e. The van der Waals surface area contributed by atoms with Crippen molar-refractivity contribution in [2.75, 3.05) is 33.0 Å². The second-order valence-corrected chi connectivity index (χ2v) is 5.84. The number of unbranched alkanes of at least 4 members (excludes halogenated alkanes) is 9. The molecule has 5 heteroatoms. The van der Waals surface area contributed by atoms with Crippen molar-refractivity contribution in [1.82, 2.24) is 0 Å². The first-order chi connectivity index (χ1) is 11.2. The summed E-state index contributed by atoms with van der Waals surface area (Å²) in [5.41, 5.74) is 0. The van der Waals surface area contributed by atoms with E-state index in [1.54, 1.807) is 0 Å². The fourth-order valence-corrected chi connectivity index (χ4v) is 2.03. The number of rotatable bonds is 16. The highest BCUT2D eigenvalue weighted by molar-refractivity contribution is 4.48. The molecule has 0 aliphatic heterocycles. The van der Waals surface area contributed by atoms with Crippen molar-refractivity contribution in [3.05, 3.63) is 0 Å². The Hall–Kier alpha value is -0.200. The minimum atomic E-state index is -0.509. The van der Waals surface area contributed by atoms with Gasteiger partial charge >= 0.3 is 0 Å². The largest absolute Gasteiger partial charge is 0.396 e. The summed E-state index contributed by atoms with van der Waals surface area (Å²) in [7, 11) is 0. The van der Waals surface area contributed by atoms with Gasteiger partial charge in [-0.1, -0.05) is 58.3 Å². The molecule has 0 aromatic rings. The van der Waals surface area contributed by atoms with Gasteiger partial charge in [0.05, 0.1) is 25.9 Å². The molecule has 0 aliphatic carbocycles. The quantitative estimate of drug-likeness (QED) is 0.325. The highest BCUT2D eigenvalue weighted by Crippen LogP contribution is 2.10. The second kappa shape index (κ2) is 24.1. The van der Waals surface area contributed by atoms with Gasteiger partial charge in [0, 0.05) is 13.2 Å². The van der Waals surface area contributed by atoms with Crippen molar-refractivity contribution in [2.24, 2.45) is 0 Å². The molecule has 0 radical (unpaired) electrons. The molecule has 1 unspecified atom stereocenters. The van der Waals surface area contributed by atoms with E-state index in [1.807, 2.05) is 6.92 Å². The third-order valence-corrected chi connectivity index (χ3v) is 3.61. The molecule has 0 aromatic heterocycles. The molecule has 142 valence electrons. The molecule has 4 N–H and O–H groups in total. The van der Waals surface area contributed by atoms with Crippen LogP contribution in [0.3, 0.4) is 0 Å². The van der Waals surface area contributed by atoms with Gasteiger partial charge in [0.1, 0.15) is 0 Å². The summed E-state index contributed by atoms with van der Waals surface area (Å²) in [6.45, 7) is 3.46.